The van der Waals surface area contributed by atoms with Crippen LogP contribution in [0, 0.1) is 11.6 Å². The Kier molecular flexibility index (Phi) is 6.05. The van der Waals surface area contributed by atoms with Crippen molar-refractivity contribution in [2.24, 2.45) is 0 Å². The van der Waals surface area contributed by atoms with Crippen LogP contribution in [-0.4, -0.2) is 20.1 Å². The maximum absolute atomic E-state index is 13.2. The zero-order chi connectivity index (χ0) is 18.4. The molecule has 2 rings (SSSR count). The standard InChI is InChI=1S/C16H15F2N3O2S2/c1-2-9-19-16(24)20-11-3-5-12(6-4-11)21-25(22,23)13-7-8-14(17)15(18)10-13/h2-8,10,21H,1,9H2,(H2,19,20,24). The molecule has 0 aromatic heterocycles. The van der Waals surface area contributed by atoms with E-state index >= 15 is 0 Å². The molecule has 0 unspecified atom stereocenters. The van der Waals surface area contributed by atoms with Gasteiger partial charge in [0.25, 0.3) is 10.0 Å². The highest BCUT2D eigenvalue weighted by Gasteiger charge is 2.16. The van der Waals surface area contributed by atoms with Gasteiger partial charge >= 0.3 is 0 Å². The number of rotatable bonds is 6. The molecule has 0 amide bonds. The summed E-state index contributed by atoms with van der Waals surface area (Å²) in [5.41, 5.74) is 0.914. The van der Waals surface area contributed by atoms with E-state index in [0.29, 0.717) is 23.4 Å². The van der Waals surface area contributed by atoms with Crippen LogP contribution in [0.15, 0.2) is 60.0 Å². The minimum absolute atomic E-state index is 0.264. The van der Waals surface area contributed by atoms with Crippen LogP contribution >= 0.6 is 12.2 Å². The Hall–Kier alpha value is -2.52. The van der Waals surface area contributed by atoms with Gasteiger partial charge in [-0.25, -0.2) is 17.2 Å². The summed E-state index contributed by atoms with van der Waals surface area (Å²) < 4.78 is 52.8. The summed E-state index contributed by atoms with van der Waals surface area (Å²) >= 11 is 5.06. The predicted octanol–water partition coefficient (Wildman–Crippen LogP) is 3.24. The average molecular weight is 383 g/mol. The Morgan fingerprint density at radius 1 is 1.08 bits per heavy atom. The second-order valence-electron chi connectivity index (χ2n) is 4.88. The van der Waals surface area contributed by atoms with Gasteiger partial charge in [-0.05, 0) is 54.7 Å². The minimum Gasteiger partial charge on any atom is -0.359 e. The average Bonchev–Trinajstić information content (AvgIpc) is 2.57. The summed E-state index contributed by atoms with van der Waals surface area (Å²) in [6.07, 6.45) is 1.66. The first-order valence-electron chi connectivity index (χ1n) is 7.05. The molecule has 0 spiro atoms. The maximum atomic E-state index is 13.2. The van der Waals surface area contributed by atoms with E-state index in [9.17, 15) is 17.2 Å². The van der Waals surface area contributed by atoms with E-state index in [0.717, 1.165) is 12.1 Å². The molecule has 9 heteroatoms. The predicted molar refractivity (Wildman–Crippen MR) is 98.0 cm³/mol. The fourth-order valence-electron chi connectivity index (χ4n) is 1.82. The summed E-state index contributed by atoms with van der Waals surface area (Å²) in [6, 6.07) is 8.62. The van der Waals surface area contributed by atoms with Crippen LogP contribution in [0.5, 0.6) is 0 Å². The van der Waals surface area contributed by atoms with E-state index in [2.05, 4.69) is 21.9 Å². The summed E-state index contributed by atoms with van der Waals surface area (Å²) in [5.74, 6) is -2.35. The molecular formula is C16H15F2N3O2S2. The van der Waals surface area contributed by atoms with Gasteiger partial charge in [-0.1, -0.05) is 6.08 Å². The van der Waals surface area contributed by atoms with E-state index in [4.69, 9.17) is 12.2 Å². The highest BCUT2D eigenvalue weighted by Crippen LogP contribution is 2.20. The molecule has 0 saturated heterocycles. The molecule has 132 valence electrons. The van der Waals surface area contributed by atoms with E-state index < -0.39 is 21.7 Å². The lowest BCUT2D eigenvalue weighted by atomic mass is 10.3. The molecule has 5 nitrogen and oxygen atoms in total. The lowest BCUT2D eigenvalue weighted by Gasteiger charge is -2.11. The van der Waals surface area contributed by atoms with Crippen LogP contribution in [0.1, 0.15) is 0 Å². The van der Waals surface area contributed by atoms with Crippen LogP contribution in [0.25, 0.3) is 0 Å². The number of hydrogen-bond donors (Lipinski definition) is 3. The third-order valence-corrected chi connectivity index (χ3v) is 4.63. The second-order valence-corrected chi connectivity index (χ2v) is 6.97. The van der Waals surface area contributed by atoms with Gasteiger partial charge in [0.2, 0.25) is 0 Å². The smallest absolute Gasteiger partial charge is 0.261 e. The minimum atomic E-state index is -4.03. The summed E-state index contributed by atoms with van der Waals surface area (Å²) in [7, 11) is -4.03. The van der Waals surface area contributed by atoms with Gasteiger partial charge < -0.3 is 10.6 Å². The number of hydrogen-bond acceptors (Lipinski definition) is 3. The fourth-order valence-corrected chi connectivity index (χ4v) is 3.09. The number of sulfonamides is 1. The van der Waals surface area contributed by atoms with Crippen molar-refractivity contribution in [2.45, 2.75) is 4.90 Å². The highest BCUT2D eigenvalue weighted by atomic mass is 32.2. The molecular weight excluding hydrogens is 368 g/mol. The first kappa shape index (κ1) is 18.8. The zero-order valence-corrected chi connectivity index (χ0v) is 14.6. The van der Waals surface area contributed by atoms with E-state index in [-0.39, 0.29) is 10.6 Å². The number of thiocarbonyl (C=S) groups is 1. The van der Waals surface area contributed by atoms with Crippen molar-refractivity contribution in [1.82, 2.24) is 5.32 Å². The van der Waals surface area contributed by atoms with Crippen LogP contribution in [0.4, 0.5) is 20.2 Å². The lowest BCUT2D eigenvalue weighted by Crippen LogP contribution is -2.28. The third-order valence-electron chi connectivity index (χ3n) is 3.00. The molecule has 2 aromatic rings. The Morgan fingerprint density at radius 2 is 1.72 bits per heavy atom. The normalized spacial score (nSPS) is 10.8. The van der Waals surface area contributed by atoms with Crippen molar-refractivity contribution in [3.8, 4) is 0 Å². The van der Waals surface area contributed by atoms with Crippen molar-refractivity contribution in [3.05, 3.63) is 66.8 Å². The maximum Gasteiger partial charge on any atom is 0.261 e. The molecule has 0 aliphatic rings. The number of nitrogens with one attached hydrogen (secondary N) is 3. The monoisotopic (exact) mass is 383 g/mol. The SMILES string of the molecule is C=CCNC(=S)Nc1ccc(NS(=O)(=O)c2ccc(F)c(F)c2)cc1. The topological polar surface area (TPSA) is 70.2 Å². The Morgan fingerprint density at radius 3 is 2.32 bits per heavy atom. The molecule has 2 aromatic carbocycles. The molecule has 0 atom stereocenters. The van der Waals surface area contributed by atoms with Crippen LogP contribution in [0.3, 0.4) is 0 Å². The number of benzene rings is 2. The molecule has 0 aliphatic heterocycles. The number of anilines is 2. The Labute approximate surface area is 149 Å². The van der Waals surface area contributed by atoms with Gasteiger partial charge in [0.05, 0.1) is 4.90 Å². The fraction of sp³-hybridized carbons (Fsp3) is 0.0625. The molecule has 0 fully saturated rings. The van der Waals surface area contributed by atoms with Crippen LogP contribution in [0.2, 0.25) is 0 Å². The number of halogens is 2. The van der Waals surface area contributed by atoms with Gasteiger partial charge in [-0.15, -0.1) is 6.58 Å². The third kappa shape index (κ3) is 5.23. The van der Waals surface area contributed by atoms with Crippen LogP contribution in [-0.2, 0) is 10.0 Å². The van der Waals surface area contributed by atoms with Crippen molar-refractivity contribution in [3.63, 3.8) is 0 Å². The first-order chi connectivity index (χ1) is 11.8. The molecule has 25 heavy (non-hydrogen) atoms. The lowest BCUT2D eigenvalue weighted by molar-refractivity contribution is 0.504. The largest absolute Gasteiger partial charge is 0.359 e. The van der Waals surface area contributed by atoms with E-state index in [1.807, 2.05) is 0 Å². The summed E-state index contributed by atoms with van der Waals surface area (Å²) in [4.78, 5) is -0.372. The van der Waals surface area contributed by atoms with Gasteiger partial charge in [-0.2, -0.15) is 0 Å². The molecule has 3 N–H and O–H groups in total. The van der Waals surface area contributed by atoms with Crippen molar-refractivity contribution < 1.29 is 17.2 Å². The quantitative estimate of drug-likeness (QED) is 0.528. The molecule has 0 bridgehead atoms. The second kappa shape index (κ2) is 8.04. The van der Waals surface area contributed by atoms with E-state index in [1.54, 1.807) is 18.2 Å². The molecule has 0 aliphatic carbocycles. The van der Waals surface area contributed by atoms with E-state index in [1.165, 1.54) is 12.1 Å². The van der Waals surface area contributed by atoms with Crippen molar-refractivity contribution in [2.75, 3.05) is 16.6 Å². The summed E-state index contributed by atoms with van der Waals surface area (Å²) in [6.45, 7) is 4.07. The Bertz CT molecular complexity index is 885. The first-order valence-corrected chi connectivity index (χ1v) is 8.94. The molecule has 0 saturated carbocycles. The van der Waals surface area contributed by atoms with Gasteiger partial charge in [0.15, 0.2) is 16.7 Å². The molecule has 0 radical (unpaired) electrons. The molecule has 0 heterocycles. The Balaban J connectivity index is 2.08. The van der Waals surface area contributed by atoms with Crippen LogP contribution < -0.4 is 15.4 Å². The van der Waals surface area contributed by atoms with Crippen molar-refractivity contribution >= 4 is 38.7 Å². The van der Waals surface area contributed by atoms with Crippen molar-refractivity contribution in [1.29, 1.82) is 0 Å². The van der Waals surface area contributed by atoms with Gasteiger partial charge in [0.1, 0.15) is 0 Å². The summed E-state index contributed by atoms with van der Waals surface area (Å²) in [5, 5.41) is 6.20. The van der Waals surface area contributed by atoms with Gasteiger partial charge in [0, 0.05) is 17.9 Å². The highest BCUT2D eigenvalue weighted by molar-refractivity contribution is 7.92. The van der Waals surface area contributed by atoms with Gasteiger partial charge in [-0.3, -0.25) is 4.72 Å². The zero-order valence-electron chi connectivity index (χ0n) is 12.9.